The van der Waals surface area contributed by atoms with Gasteiger partial charge >= 0.3 is 0 Å². The number of rotatable bonds is 2. The van der Waals surface area contributed by atoms with Crippen LogP contribution in [0.1, 0.15) is 27.8 Å². The summed E-state index contributed by atoms with van der Waals surface area (Å²) in [5.41, 5.74) is 15.1. The van der Waals surface area contributed by atoms with Crippen LogP contribution in [-0.2, 0) is 0 Å². The molecule has 0 saturated carbocycles. The lowest BCUT2D eigenvalue weighted by atomic mass is 9.37. The molecule has 3 heterocycles. The highest BCUT2D eigenvalue weighted by atomic mass is 15.0. The van der Waals surface area contributed by atoms with Crippen molar-refractivity contribution in [2.75, 3.05) is 0 Å². The maximum atomic E-state index is 4.87. The van der Waals surface area contributed by atoms with E-state index in [0.29, 0.717) is 0 Å². The van der Waals surface area contributed by atoms with Gasteiger partial charge in [0.15, 0.2) is 0 Å². The van der Waals surface area contributed by atoms with Crippen LogP contribution in [0.4, 0.5) is 0 Å². The standard InChI is InChI=1S/C32H29BN2/c1-18-10-11-29-26(15-18)23(6)24(7)35(29)25-16-20(3)30-28(17-25)33(27-9-8-12-34-32(27)30)31-21(4)13-19(2)14-22(31)5/h8-17H,6-7H2,1-5H3. The highest BCUT2D eigenvalue weighted by molar-refractivity contribution is 6.99. The molecule has 5 aromatic rings. The second-order valence-electron chi connectivity index (χ2n) is 10.2. The molecule has 170 valence electrons. The average Bonchev–Trinajstić information content (AvgIpc) is 3.26. The molecule has 0 fully saturated rings. The van der Waals surface area contributed by atoms with Crippen LogP contribution in [-0.4, -0.2) is 16.3 Å². The molecule has 2 nitrogen and oxygen atoms in total. The summed E-state index contributed by atoms with van der Waals surface area (Å²) in [5, 5.41) is 3.10. The predicted molar refractivity (Wildman–Crippen MR) is 152 cm³/mol. The Kier molecular flexibility index (Phi) is 4.69. The van der Waals surface area contributed by atoms with Gasteiger partial charge in [-0.05, 0) is 81.5 Å². The van der Waals surface area contributed by atoms with E-state index in [4.69, 9.17) is 4.98 Å². The van der Waals surface area contributed by atoms with Gasteiger partial charge in [0.25, 0.3) is 0 Å². The first kappa shape index (κ1) is 21.7. The van der Waals surface area contributed by atoms with Gasteiger partial charge in [0.1, 0.15) is 0 Å². The Morgan fingerprint density at radius 3 is 2.26 bits per heavy atom. The Morgan fingerprint density at radius 1 is 0.771 bits per heavy atom. The van der Waals surface area contributed by atoms with Crippen molar-refractivity contribution in [2.24, 2.45) is 0 Å². The Balaban J connectivity index is 1.68. The van der Waals surface area contributed by atoms with Crippen molar-refractivity contribution in [3.05, 3.63) is 99.2 Å². The third-order valence-electron chi connectivity index (χ3n) is 7.67. The lowest BCUT2D eigenvalue weighted by Crippen LogP contribution is -2.51. The first-order valence-electron chi connectivity index (χ1n) is 12.2. The van der Waals surface area contributed by atoms with Crippen molar-refractivity contribution < 1.29 is 0 Å². The average molecular weight is 452 g/mol. The molecule has 0 atom stereocenters. The number of nitrogens with zero attached hydrogens (tertiary/aromatic N) is 2. The maximum Gasteiger partial charge on any atom is 0.245 e. The zero-order chi connectivity index (χ0) is 24.6. The largest absolute Gasteiger partial charge is 0.310 e. The van der Waals surface area contributed by atoms with Gasteiger partial charge in [-0.15, -0.1) is 0 Å². The summed E-state index contributed by atoms with van der Waals surface area (Å²) < 4.78 is 2.27. The van der Waals surface area contributed by atoms with Crippen molar-refractivity contribution in [3.8, 4) is 16.9 Å². The van der Waals surface area contributed by atoms with Crippen LogP contribution < -0.4 is 27.0 Å². The second-order valence-corrected chi connectivity index (χ2v) is 10.2. The fourth-order valence-electron chi connectivity index (χ4n) is 6.28. The van der Waals surface area contributed by atoms with E-state index in [2.05, 4.69) is 107 Å². The molecule has 0 radical (unpaired) electrons. The SMILES string of the molecule is C=c1c(=C)n(-c2cc(C)c3c(c2)B(c2c(C)cc(C)cc2C)c2cccnc2-3)c2ccc(C)cc12. The Bertz CT molecular complexity index is 1770. The van der Waals surface area contributed by atoms with E-state index in [1.165, 1.54) is 55.2 Å². The highest BCUT2D eigenvalue weighted by Gasteiger charge is 2.37. The number of pyridine rings is 1. The molecule has 1 aliphatic heterocycles. The summed E-state index contributed by atoms with van der Waals surface area (Å²) in [6.07, 6.45) is 1.91. The third-order valence-corrected chi connectivity index (χ3v) is 7.67. The van der Waals surface area contributed by atoms with E-state index in [9.17, 15) is 0 Å². The molecular formula is C32H29BN2. The molecule has 0 amide bonds. The Hall–Kier alpha value is -3.85. The van der Waals surface area contributed by atoms with Gasteiger partial charge in [0.05, 0.1) is 11.2 Å². The lowest BCUT2D eigenvalue weighted by Gasteiger charge is -2.19. The molecule has 0 spiro atoms. The van der Waals surface area contributed by atoms with Gasteiger partial charge in [0.2, 0.25) is 6.71 Å². The van der Waals surface area contributed by atoms with E-state index in [0.717, 1.165) is 27.5 Å². The molecule has 2 aromatic heterocycles. The van der Waals surface area contributed by atoms with E-state index in [-0.39, 0.29) is 6.71 Å². The monoisotopic (exact) mass is 452 g/mol. The topological polar surface area (TPSA) is 17.8 Å². The number of aromatic nitrogens is 2. The molecule has 6 rings (SSSR count). The Morgan fingerprint density at radius 2 is 1.51 bits per heavy atom. The van der Waals surface area contributed by atoms with E-state index >= 15 is 0 Å². The maximum absolute atomic E-state index is 4.87. The highest BCUT2D eigenvalue weighted by Crippen LogP contribution is 2.28. The quantitative estimate of drug-likeness (QED) is 0.365. The minimum absolute atomic E-state index is 0.157. The fourth-order valence-corrected chi connectivity index (χ4v) is 6.28. The number of hydrogen-bond acceptors (Lipinski definition) is 1. The van der Waals surface area contributed by atoms with Gasteiger partial charge in [-0.25, -0.2) is 0 Å². The Labute approximate surface area is 207 Å². The summed E-state index contributed by atoms with van der Waals surface area (Å²) in [4.78, 5) is 4.87. The molecule has 0 aliphatic carbocycles. The van der Waals surface area contributed by atoms with Gasteiger partial charge in [-0.2, -0.15) is 0 Å². The van der Waals surface area contributed by atoms with Gasteiger partial charge in [-0.3, -0.25) is 4.98 Å². The number of hydrogen-bond donors (Lipinski definition) is 0. The molecule has 3 heteroatoms. The van der Waals surface area contributed by atoms with Crippen LogP contribution in [0.15, 0.2) is 60.8 Å². The second kappa shape index (κ2) is 7.58. The molecule has 0 bridgehead atoms. The first-order chi connectivity index (χ1) is 16.8. The number of benzene rings is 3. The number of aryl methyl sites for hydroxylation is 5. The lowest BCUT2D eigenvalue weighted by molar-refractivity contribution is 1.07. The zero-order valence-corrected chi connectivity index (χ0v) is 21.2. The molecule has 35 heavy (non-hydrogen) atoms. The van der Waals surface area contributed by atoms with Crippen molar-refractivity contribution >= 4 is 47.2 Å². The van der Waals surface area contributed by atoms with Gasteiger partial charge in [-0.1, -0.05) is 70.6 Å². The van der Waals surface area contributed by atoms with Crippen LogP contribution >= 0.6 is 0 Å². The summed E-state index contributed by atoms with van der Waals surface area (Å²) in [6, 6.07) is 20.1. The fraction of sp³-hybridized carbons (Fsp3) is 0.156. The summed E-state index contributed by atoms with van der Waals surface area (Å²) in [5.74, 6) is 0. The van der Waals surface area contributed by atoms with Crippen LogP contribution in [0.25, 0.3) is 41.0 Å². The van der Waals surface area contributed by atoms with E-state index in [1.54, 1.807) is 0 Å². The minimum Gasteiger partial charge on any atom is -0.310 e. The summed E-state index contributed by atoms with van der Waals surface area (Å²) in [7, 11) is 0. The smallest absolute Gasteiger partial charge is 0.245 e. The molecule has 3 aromatic carbocycles. The van der Waals surface area contributed by atoms with Gasteiger partial charge in [0, 0.05) is 27.8 Å². The zero-order valence-electron chi connectivity index (χ0n) is 21.2. The minimum atomic E-state index is 0.157. The van der Waals surface area contributed by atoms with Crippen molar-refractivity contribution in [1.29, 1.82) is 0 Å². The predicted octanol–water partition coefficient (Wildman–Crippen LogP) is 3.88. The van der Waals surface area contributed by atoms with E-state index < -0.39 is 0 Å². The normalized spacial score (nSPS) is 12.3. The van der Waals surface area contributed by atoms with Crippen LogP contribution in [0, 0.1) is 34.6 Å². The number of fused-ring (bicyclic) bond motifs is 4. The van der Waals surface area contributed by atoms with Gasteiger partial charge < -0.3 is 4.57 Å². The van der Waals surface area contributed by atoms with Crippen molar-refractivity contribution in [2.45, 2.75) is 34.6 Å². The summed E-state index contributed by atoms with van der Waals surface area (Å²) in [6.45, 7) is 19.9. The van der Waals surface area contributed by atoms with E-state index in [1.807, 2.05) is 6.20 Å². The van der Waals surface area contributed by atoms with Crippen molar-refractivity contribution in [1.82, 2.24) is 9.55 Å². The third kappa shape index (κ3) is 3.08. The molecule has 1 aliphatic rings. The van der Waals surface area contributed by atoms with Crippen LogP contribution in [0.5, 0.6) is 0 Å². The summed E-state index contributed by atoms with van der Waals surface area (Å²) >= 11 is 0. The molecule has 0 unspecified atom stereocenters. The van der Waals surface area contributed by atoms with Crippen molar-refractivity contribution in [3.63, 3.8) is 0 Å². The van der Waals surface area contributed by atoms with Crippen LogP contribution in [0.3, 0.4) is 0 Å². The molecule has 0 saturated heterocycles. The first-order valence-corrected chi connectivity index (χ1v) is 12.2. The molecule has 0 N–H and O–H groups in total. The van der Waals surface area contributed by atoms with Crippen LogP contribution in [0.2, 0.25) is 0 Å². The molecular weight excluding hydrogens is 423 g/mol.